The third-order valence-corrected chi connectivity index (χ3v) is 2.99. The van der Waals surface area contributed by atoms with Crippen LogP contribution in [0.3, 0.4) is 0 Å². The molecular weight excluding hydrogens is 299 g/mol. The minimum Gasteiger partial charge on any atom is -0.476 e. The molecule has 0 saturated carbocycles. The Kier molecular flexibility index (Phi) is 5.05. The highest BCUT2D eigenvalue weighted by Gasteiger charge is 2.37. The number of aromatic carboxylic acids is 1. The summed E-state index contributed by atoms with van der Waals surface area (Å²) in [5.41, 5.74) is 2.37. The van der Waals surface area contributed by atoms with E-state index in [9.17, 15) is 18.0 Å². The highest BCUT2D eigenvalue weighted by atomic mass is 19.4. The molecule has 0 atom stereocenters. The van der Waals surface area contributed by atoms with Crippen LogP contribution in [0, 0.1) is 0 Å². The van der Waals surface area contributed by atoms with Crippen molar-refractivity contribution in [3.05, 3.63) is 30.0 Å². The van der Waals surface area contributed by atoms with E-state index in [2.05, 4.69) is 16.9 Å². The average Bonchev–Trinajstić information content (AvgIpc) is 2.36. The van der Waals surface area contributed by atoms with Gasteiger partial charge in [-0.1, -0.05) is 6.08 Å². The van der Waals surface area contributed by atoms with Crippen LogP contribution in [0.5, 0.6) is 0 Å². The summed E-state index contributed by atoms with van der Waals surface area (Å²) in [5, 5.41) is 11.6. The van der Waals surface area contributed by atoms with E-state index in [4.69, 9.17) is 10.8 Å². The van der Waals surface area contributed by atoms with E-state index in [1.54, 1.807) is 19.9 Å². The Morgan fingerprint density at radius 1 is 1.50 bits per heavy atom. The molecule has 0 bridgehead atoms. The molecule has 0 unspecified atom stereocenters. The monoisotopic (exact) mass is 317 g/mol. The average molecular weight is 317 g/mol. The molecule has 1 heterocycles. The normalized spacial score (nSPS) is 12.0. The molecule has 0 aliphatic rings. The first kappa shape index (κ1) is 17.8. The molecule has 0 fully saturated rings. The number of hydrogen-bond acceptors (Lipinski definition) is 4. The maximum atomic E-state index is 13.1. The van der Waals surface area contributed by atoms with Gasteiger partial charge in [0.15, 0.2) is 5.69 Å². The van der Waals surface area contributed by atoms with Crippen molar-refractivity contribution in [2.45, 2.75) is 38.4 Å². The van der Waals surface area contributed by atoms with Crippen molar-refractivity contribution in [3.63, 3.8) is 0 Å². The highest BCUT2D eigenvalue weighted by molar-refractivity contribution is 5.92. The van der Waals surface area contributed by atoms with Crippen molar-refractivity contribution in [2.24, 2.45) is 0 Å². The van der Waals surface area contributed by atoms with Gasteiger partial charge in [-0.25, -0.2) is 9.78 Å². The fourth-order valence-electron chi connectivity index (χ4n) is 1.86. The number of carboxylic acids is 1. The Morgan fingerprint density at radius 3 is 2.55 bits per heavy atom. The number of nitrogens with one attached hydrogen (secondary N) is 1. The Hall–Kier alpha value is -2.25. The number of alkyl halides is 3. The van der Waals surface area contributed by atoms with Gasteiger partial charge in [0.25, 0.3) is 0 Å². The molecule has 0 aliphatic heterocycles. The summed E-state index contributed by atoms with van der Waals surface area (Å²) in [6.45, 7) is 6.94. The van der Waals surface area contributed by atoms with Crippen LogP contribution in [-0.4, -0.2) is 21.6 Å². The van der Waals surface area contributed by atoms with Gasteiger partial charge in [-0.3, -0.25) is 0 Å². The number of aromatic nitrogens is 1. The summed E-state index contributed by atoms with van der Waals surface area (Å²) in [7, 11) is 0. The zero-order valence-electron chi connectivity index (χ0n) is 12.3. The van der Waals surface area contributed by atoms with Crippen molar-refractivity contribution >= 4 is 17.5 Å². The molecule has 1 aromatic heterocycles. The van der Waals surface area contributed by atoms with Gasteiger partial charge in [-0.05, 0) is 32.8 Å². The number of halogens is 3. The number of anilines is 2. The van der Waals surface area contributed by atoms with E-state index in [1.165, 1.54) is 0 Å². The first-order chi connectivity index (χ1) is 9.98. The van der Waals surface area contributed by atoms with Gasteiger partial charge in [-0.15, -0.1) is 6.58 Å². The molecule has 5 nitrogen and oxygen atoms in total. The summed E-state index contributed by atoms with van der Waals surface area (Å²) < 4.78 is 39.3. The molecular formula is C14H18F3N3O2. The lowest BCUT2D eigenvalue weighted by molar-refractivity contribution is -0.137. The van der Waals surface area contributed by atoms with Gasteiger partial charge in [0, 0.05) is 5.54 Å². The number of rotatable bonds is 6. The Balaban J connectivity index is 3.33. The maximum Gasteiger partial charge on any atom is 0.420 e. The molecule has 0 aromatic carbocycles. The van der Waals surface area contributed by atoms with Gasteiger partial charge in [0.2, 0.25) is 0 Å². The Bertz CT molecular complexity index is 583. The number of hydrogen-bond donors (Lipinski definition) is 3. The van der Waals surface area contributed by atoms with Crippen LogP contribution in [0.4, 0.5) is 24.7 Å². The Labute approximate surface area is 126 Å². The third-order valence-electron chi connectivity index (χ3n) is 2.99. The Morgan fingerprint density at radius 2 is 2.09 bits per heavy atom. The van der Waals surface area contributed by atoms with Crippen molar-refractivity contribution in [1.29, 1.82) is 0 Å². The fraction of sp³-hybridized carbons (Fsp3) is 0.429. The van der Waals surface area contributed by atoms with E-state index in [0.717, 1.165) is 0 Å². The quantitative estimate of drug-likeness (QED) is 0.698. The van der Waals surface area contributed by atoms with Gasteiger partial charge in [0.1, 0.15) is 5.82 Å². The molecule has 0 saturated heterocycles. The largest absolute Gasteiger partial charge is 0.476 e. The predicted octanol–water partition coefficient (Wildman–Crippen LogP) is 3.54. The number of carbonyl (C=O) groups is 1. The lowest BCUT2D eigenvalue weighted by atomic mass is 9.98. The fourth-order valence-corrected chi connectivity index (χ4v) is 1.86. The van der Waals surface area contributed by atoms with Crippen LogP contribution in [0.15, 0.2) is 18.7 Å². The molecule has 0 radical (unpaired) electrons. The predicted molar refractivity (Wildman–Crippen MR) is 77.7 cm³/mol. The molecule has 0 amide bonds. The number of nitrogen functional groups attached to an aromatic ring is 1. The van der Waals surface area contributed by atoms with E-state index >= 15 is 0 Å². The standard InChI is InChI=1S/C14H18F3N3O2/c1-4-5-6-13(2,3)20-11-8(14(15,16)17)7-9(18)10(19-11)12(21)22/h4,7H,1,5-6,18H2,2-3H3,(H,19,20)(H,21,22). The molecule has 0 spiro atoms. The summed E-state index contributed by atoms with van der Waals surface area (Å²) in [4.78, 5) is 14.6. The van der Waals surface area contributed by atoms with Crippen molar-refractivity contribution in [3.8, 4) is 0 Å². The lowest BCUT2D eigenvalue weighted by Gasteiger charge is -2.28. The van der Waals surface area contributed by atoms with Crippen LogP contribution in [0.25, 0.3) is 0 Å². The number of allylic oxidation sites excluding steroid dienone is 1. The van der Waals surface area contributed by atoms with E-state index in [0.29, 0.717) is 18.9 Å². The third kappa shape index (κ3) is 4.37. The van der Waals surface area contributed by atoms with Gasteiger partial charge in [0.05, 0.1) is 11.3 Å². The van der Waals surface area contributed by atoms with Gasteiger partial charge in [-0.2, -0.15) is 13.2 Å². The zero-order valence-corrected chi connectivity index (χ0v) is 12.3. The van der Waals surface area contributed by atoms with E-state index in [1.807, 2.05) is 0 Å². The minimum atomic E-state index is -4.70. The summed E-state index contributed by atoms with van der Waals surface area (Å²) in [6.07, 6.45) is -1.97. The smallest absolute Gasteiger partial charge is 0.420 e. The van der Waals surface area contributed by atoms with Crippen LogP contribution >= 0.6 is 0 Å². The SMILES string of the molecule is C=CCCC(C)(C)Nc1nc(C(=O)O)c(N)cc1C(F)(F)F. The zero-order chi connectivity index (χ0) is 17.1. The van der Waals surface area contributed by atoms with Crippen molar-refractivity contribution in [1.82, 2.24) is 4.98 Å². The first-order valence-corrected chi connectivity index (χ1v) is 6.48. The van der Waals surface area contributed by atoms with Crippen LogP contribution in [0.1, 0.15) is 42.7 Å². The molecule has 22 heavy (non-hydrogen) atoms. The van der Waals surface area contributed by atoms with Crippen molar-refractivity contribution in [2.75, 3.05) is 11.1 Å². The van der Waals surface area contributed by atoms with Gasteiger partial charge < -0.3 is 16.2 Å². The molecule has 0 aliphatic carbocycles. The molecule has 8 heteroatoms. The van der Waals surface area contributed by atoms with Crippen molar-refractivity contribution < 1.29 is 23.1 Å². The minimum absolute atomic E-state index is 0.502. The second kappa shape index (κ2) is 6.25. The highest BCUT2D eigenvalue weighted by Crippen LogP contribution is 2.37. The summed E-state index contributed by atoms with van der Waals surface area (Å²) in [6, 6.07) is 0.586. The second-order valence-electron chi connectivity index (χ2n) is 5.46. The summed E-state index contributed by atoms with van der Waals surface area (Å²) in [5.74, 6) is -2.04. The van der Waals surface area contributed by atoms with E-state index < -0.39 is 40.4 Å². The number of pyridine rings is 1. The lowest BCUT2D eigenvalue weighted by Crippen LogP contribution is -2.33. The topological polar surface area (TPSA) is 88.2 Å². The first-order valence-electron chi connectivity index (χ1n) is 6.48. The van der Waals surface area contributed by atoms with Crippen LogP contribution in [0.2, 0.25) is 0 Å². The molecule has 1 aromatic rings. The number of nitrogens with zero attached hydrogens (tertiary/aromatic N) is 1. The summed E-state index contributed by atoms with van der Waals surface area (Å²) >= 11 is 0. The van der Waals surface area contributed by atoms with Crippen LogP contribution < -0.4 is 11.1 Å². The molecule has 1 rings (SSSR count). The van der Waals surface area contributed by atoms with Crippen LogP contribution in [-0.2, 0) is 6.18 Å². The molecule has 122 valence electrons. The number of nitrogens with two attached hydrogens (primary N) is 1. The van der Waals surface area contributed by atoms with Gasteiger partial charge >= 0.3 is 12.1 Å². The second-order valence-corrected chi connectivity index (χ2v) is 5.46. The van der Waals surface area contributed by atoms with E-state index in [-0.39, 0.29) is 0 Å². The molecule has 4 N–H and O–H groups in total. The number of carboxylic acid groups (broad SMARTS) is 1. The maximum absolute atomic E-state index is 13.1.